The van der Waals surface area contributed by atoms with Crippen LogP contribution >= 0.6 is 0 Å². The van der Waals surface area contributed by atoms with Gasteiger partial charge in [0.05, 0.1) is 0 Å². The molecule has 8 aromatic rings. The smallest absolute Gasteiger partial charge is 0.0468 e. The minimum Gasteiger partial charge on any atom is -0.310 e. The van der Waals surface area contributed by atoms with Crippen molar-refractivity contribution in [3.8, 4) is 0 Å². The number of fused-ring (bicyclic) bond motifs is 2. The maximum Gasteiger partial charge on any atom is 0.0468 e. The first-order valence-electron chi connectivity index (χ1n) is 17.2. The second kappa shape index (κ2) is 13.6. The quantitative estimate of drug-likeness (QED) is 0.152. The van der Waals surface area contributed by atoms with Crippen molar-refractivity contribution in [1.82, 2.24) is 0 Å². The van der Waals surface area contributed by atoms with Gasteiger partial charge in [-0.05, 0) is 130 Å². The Morgan fingerprint density at radius 1 is 0.300 bits per heavy atom. The van der Waals surface area contributed by atoms with Crippen molar-refractivity contribution in [3.05, 3.63) is 204 Å². The van der Waals surface area contributed by atoms with Crippen LogP contribution in [0, 0.1) is 13.8 Å². The van der Waals surface area contributed by atoms with Crippen molar-refractivity contribution in [3.63, 3.8) is 0 Å². The highest BCUT2D eigenvalue weighted by Gasteiger charge is 2.15. The molecule has 0 radical (unpaired) electrons. The lowest BCUT2D eigenvalue weighted by atomic mass is 10.0. The largest absolute Gasteiger partial charge is 0.310 e. The number of benzene rings is 8. The van der Waals surface area contributed by atoms with Crippen molar-refractivity contribution in [1.29, 1.82) is 0 Å². The molecule has 2 nitrogen and oxygen atoms in total. The van der Waals surface area contributed by atoms with E-state index in [2.05, 4.69) is 218 Å². The molecule has 8 aromatic carbocycles. The first-order valence-corrected chi connectivity index (χ1v) is 17.2. The number of aryl methyl sites for hydroxylation is 2. The minimum atomic E-state index is 1.13. The third-order valence-electron chi connectivity index (χ3n) is 9.48. The van der Waals surface area contributed by atoms with Crippen LogP contribution < -0.4 is 9.80 Å². The maximum absolute atomic E-state index is 2.34. The van der Waals surface area contributed by atoms with E-state index in [4.69, 9.17) is 0 Å². The summed E-state index contributed by atoms with van der Waals surface area (Å²) in [6.45, 7) is 4.40. The van der Waals surface area contributed by atoms with Crippen LogP contribution in [0.15, 0.2) is 182 Å². The van der Waals surface area contributed by atoms with Gasteiger partial charge in [0.25, 0.3) is 0 Å². The van der Waals surface area contributed by atoms with Crippen LogP contribution in [-0.4, -0.2) is 0 Å². The van der Waals surface area contributed by atoms with E-state index in [9.17, 15) is 0 Å². The van der Waals surface area contributed by atoms with Gasteiger partial charge in [0, 0.05) is 34.1 Å². The van der Waals surface area contributed by atoms with E-state index in [0.29, 0.717) is 0 Å². The molecule has 0 saturated carbocycles. The van der Waals surface area contributed by atoms with E-state index >= 15 is 0 Å². The molecule has 50 heavy (non-hydrogen) atoms. The first kappa shape index (κ1) is 30.9. The van der Waals surface area contributed by atoms with E-state index in [0.717, 1.165) is 34.1 Å². The number of para-hydroxylation sites is 2. The number of anilines is 6. The number of hydrogen-bond acceptors (Lipinski definition) is 2. The van der Waals surface area contributed by atoms with Gasteiger partial charge in [-0.25, -0.2) is 0 Å². The van der Waals surface area contributed by atoms with Crippen molar-refractivity contribution in [2.24, 2.45) is 0 Å². The Balaban J connectivity index is 1.10. The molecule has 0 N–H and O–H groups in total. The highest BCUT2D eigenvalue weighted by atomic mass is 15.1. The zero-order valence-electron chi connectivity index (χ0n) is 28.4. The highest BCUT2D eigenvalue weighted by molar-refractivity contribution is 5.91. The zero-order valence-corrected chi connectivity index (χ0v) is 28.4. The predicted octanol–water partition coefficient (Wildman–Crippen LogP) is 13.7. The van der Waals surface area contributed by atoms with Gasteiger partial charge < -0.3 is 9.80 Å². The van der Waals surface area contributed by atoms with Crippen LogP contribution in [0.4, 0.5) is 34.1 Å². The average Bonchev–Trinajstić information content (AvgIpc) is 3.16. The fourth-order valence-corrected chi connectivity index (χ4v) is 6.83. The summed E-state index contributed by atoms with van der Waals surface area (Å²) in [5.74, 6) is 0. The average molecular weight is 643 g/mol. The molecule has 2 heteroatoms. The molecule has 0 amide bonds. The normalized spacial score (nSPS) is 11.3. The Labute approximate surface area is 294 Å². The van der Waals surface area contributed by atoms with Gasteiger partial charge in [-0.1, -0.05) is 121 Å². The van der Waals surface area contributed by atoms with Gasteiger partial charge in [0.15, 0.2) is 0 Å². The molecule has 0 atom stereocenters. The van der Waals surface area contributed by atoms with Crippen LogP contribution in [0.1, 0.15) is 22.3 Å². The Hall–Kier alpha value is -6.38. The monoisotopic (exact) mass is 642 g/mol. The van der Waals surface area contributed by atoms with Crippen LogP contribution in [0.3, 0.4) is 0 Å². The van der Waals surface area contributed by atoms with Gasteiger partial charge in [-0.3, -0.25) is 0 Å². The molecule has 0 spiro atoms. The summed E-state index contributed by atoms with van der Waals surface area (Å²) in [7, 11) is 0. The van der Waals surface area contributed by atoms with Crippen molar-refractivity contribution >= 4 is 67.8 Å². The van der Waals surface area contributed by atoms with E-state index in [1.54, 1.807) is 0 Å². The summed E-state index contributed by atoms with van der Waals surface area (Å²) in [5.41, 5.74) is 11.7. The van der Waals surface area contributed by atoms with Gasteiger partial charge in [0.1, 0.15) is 0 Å². The molecular formula is C48H38N2. The highest BCUT2D eigenvalue weighted by Crippen LogP contribution is 2.39. The molecule has 8 rings (SSSR count). The molecule has 0 aliphatic carbocycles. The van der Waals surface area contributed by atoms with Crippen LogP contribution in [-0.2, 0) is 0 Å². The van der Waals surface area contributed by atoms with Gasteiger partial charge in [-0.15, -0.1) is 0 Å². The standard InChI is InChI=1S/C48H38N2/c1-35-31-45(49(43-17-5-3-6-18-43)47-29-25-39-13-9-11-15-41(39)33-47)27-23-37(35)21-22-38-24-28-46(32-36(38)2)50(44-19-7-4-8-20-44)48-30-26-40-14-10-12-16-42(40)34-48/h3-34H,1-2H3. The lowest BCUT2D eigenvalue weighted by Gasteiger charge is -2.26. The molecule has 0 heterocycles. The number of rotatable bonds is 8. The Bertz CT molecular complexity index is 2290. The van der Waals surface area contributed by atoms with E-state index in [1.807, 2.05) is 0 Å². The van der Waals surface area contributed by atoms with Gasteiger partial charge >= 0.3 is 0 Å². The summed E-state index contributed by atoms with van der Waals surface area (Å²) >= 11 is 0. The van der Waals surface area contributed by atoms with Crippen molar-refractivity contribution in [2.45, 2.75) is 13.8 Å². The SMILES string of the molecule is Cc1cc(N(c2ccccc2)c2ccc3ccccc3c2)ccc1C=Cc1ccc(N(c2ccccc2)c2ccc3ccccc3c2)cc1C. The molecule has 0 saturated heterocycles. The van der Waals surface area contributed by atoms with E-state index < -0.39 is 0 Å². The summed E-state index contributed by atoms with van der Waals surface area (Å²) in [6.07, 6.45) is 4.48. The topological polar surface area (TPSA) is 6.48 Å². The fraction of sp³-hybridized carbons (Fsp3) is 0.0417. The van der Waals surface area contributed by atoms with E-state index in [1.165, 1.54) is 43.8 Å². The van der Waals surface area contributed by atoms with E-state index in [-0.39, 0.29) is 0 Å². The molecule has 0 aromatic heterocycles. The molecule has 0 unspecified atom stereocenters. The Kier molecular flexibility index (Phi) is 8.42. The fourth-order valence-electron chi connectivity index (χ4n) is 6.83. The third-order valence-corrected chi connectivity index (χ3v) is 9.48. The van der Waals surface area contributed by atoms with Gasteiger partial charge in [0.2, 0.25) is 0 Å². The first-order chi connectivity index (χ1) is 24.6. The molecule has 0 aliphatic rings. The van der Waals surface area contributed by atoms with Gasteiger partial charge in [-0.2, -0.15) is 0 Å². The van der Waals surface area contributed by atoms with Crippen molar-refractivity contribution < 1.29 is 0 Å². The molecule has 0 bridgehead atoms. The summed E-state index contributed by atoms with van der Waals surface area (Å²) in [4.78, 5) is 4.67. The summed E-state index contributed by atoms with van der Waals surface area (Å²) in [5, 5.41) is 4.94. The molecular weight excluding hydrogens is 605 g/mol. The predicted molar refractivity (Wildman–Crippen MR) is 216 cm³/mol. The second-order valence-corrected chi connectivity index (χ2v) is 12.8. The lowest BCUT2D eigenvalue weighted by molar-refractivity contribution is 1.27. The molecule has 0 aliphatic heterocycles. The number of nitrogens with zero attached hydrogens (tertiary/aromatic N) is 2. The van der Waals surface area contributed by atoms with Crippen molar-refractivity contribution in [2.75, 3.05) is 9.80 Å². The lowest BCUT2D eigenvalue weighted by Crippen LogP contribution is -2.10. The Morgan fingerprint density at radius 2 is 0.640 bits per heavy atom. The van der Waals surface area contributed by atoms with Crippen LogP contribution in [0.5, 0.6) is 0 Å². The minimum absolute atomic E-state index is 1.13. The van der Waals surface area contributed by atoms with Crippen LogP contribution in [0.2, 0.25) is 0 Å². The summed E-state index contributed by atoms with van der Waals surface area (Å²) < 4.78 is 0. The molecule has 240 valence electrons. The second-order valence-electron chi connectivity index (χ2n) is 12.8. The maximum atomic E-state index is 2.34. The number of hydrogen-bond donors (Lipinski definition) is 0. The third kappa shape index (κ3) is 6.27. The Morgan fingerprint density at radius 3 is 1.04 bits per heavy atom. The molecule has 0 fully saturated rings. The zero-order chi connectivity index (χ0) is 33.9. The van der Waals surface area contributed by atoms with Crippen LogP contribution in [0.25, 0.3) is 33.7 Å². The summed E-state index contributed by atoms with van der Waals surface area (Å²) in [6, 6.07) is 65.2.